The Hall–Kier alpha value is -1.36. The summed E-state index contributed by atoms with van der Waals surface area (Å²) in [5, 5.41) is 8.61. The molecule has 0 spiro atoms. The molecule has 0 aliphatic heterocycles. The first kappa shape index (κ1) is 12.7. The number of halogens is 1. The molecule has 86 valence electrons. The third-order valence-electron chi connectivity index (χ3n) is 2.07. The highest BCUT2D eigenvalue weighted by Gasteiger charge is 2.14. The molecule has 0 radical (unpaired) electrons. The Morgan fingerprint density at radius 2 is 2.00 bits per heavy atom. The summed E-state index contributed by atoms with van der Waals surface area (Å²) in [6.07, 6.45) is -0.0685. The molecule has 0 saturated carbocycles. The number of para-hydroxylation sites is 1. The van der Waals surface area contributed by atoms with Gasteiger partial charge in [-0.1, -0.05) is 12.1 Å². The Kier molecular flexibility index (Phi) is 4.49. The largest absolute Gasteiger partial charge is 0.481 e. The highest BCUT2D eigenvalue weighted by molar-refractivity contribution is 9.10. The van der Waals surface area contributed by atoms with Crippen LogP contribution in [0.4, 0.5) is 5.69 Å². The number of carbonyl (C=O) groups excluding carboxylic acids is 1. The Bertz CT molecular complexity index is 406. The first-order chi connectivity index (χ1) is 7.52. The van der Waals surface area contributed by atoms with Gasteiger partial charge < -0.3 is 10.0 Å². The maximum atomic E-state index is 11.4. The molecule has 0 bridgehead atoms. The summed E-state index contributed by atoms with van der Waals surface area (Å²) in [5.74, 6) is -1.09. The van der Waals surface area contributed by atoms with Gasteiger partial charge in [-0.05, 0) is 28.1 Å². The zero-order valence-electron chi connectivity index (χ0n) is 8.81. The van der Waals surface area contributed by atoms with Gasteiger partial charge in [0, 0.05) is 17.9 Å². The van der Waals surface area contributed by atoms with Crippen LogP contribution in [0.2, 0.25) is 0 Å². The number of benzene rings is 1. The van der Waals surface area contributed by atoms with Crippen LogP contribution in [0.1, 0.15) is 13.3 Å². The van der Waals surface area contributed by atoms with Crippen molar-refractivity contribution in [3.05, 3.63) is 28.7 Å². The molecule has 1 amide bonds. The molecule has 1 aromatic rings. The van der Waals surface area contributed by atoms with Gasteiger partial charge in [0.15, 0.2) is 0 Å². The molecule has 0 saturated heterocycles. The maximum Gasteiger partial charge on any atom is 0.305 e. The summed E-state index contributed by atoms with van der Waals surface area (Å²) in [7, 11) is 0. The predicted octanol–water partition coefficient (Wildman–Crippen LogP) is 2.28. The van der Waals surface area contributed by atoms with Crippen molar-refractivity contribution in [1.82, 2.24) is 0 Å². The van der Waals surface area contributed by atoms with Gasteiger partial charge in [0.1, 0.15) is 0 Å². The molecule has 1 rings (SSSR count). The van der Waals surface area contributed by atoms with E-state index in [-0.39, 0.29) is 18.9 Å². The van der Waals surface area contributed by atoms with Gasteiger partial charge in [-0.15, -0.1) is 0 Å². The van der Waals surface area contributed by atoms with Crippen molar-refractivity contribution < 1.29 is 14.7 Å². The molecular weight excluding hydrogens is 274 g/mol. The standard InChI is InChI=1S/C11H12BrNO3/c1-8(14)13(7-6-11(15)16)10-5-3-2-4-9(10)12/h2-5H,6-7H2,1H3,(H,15,16). The van der Waals surface area contributed by atoms with Crippen LogP contribution in [0, 0.1) is 0 Å². The smallest absolute Gasteiger partial charge is 0.305 e. The van der Waals surface area contributed by atoms with Crippen molar-refractivity contribution in [3.63, 3.8) is 0 Å². The summed E-state index contributed by atoms with van der Waals surface area (Å²) in [6, 6.07) is 7.22. The van der Waals surface area contributed by atoms with E-state index in [2.05, 4.69) is 15.9 Å². The number of anilines is 1. The Morgan fingerprint density at radius 1 is 1.38 bits per heavy atom. The third kappa shape index (κ3) is 3.34. The van der Waals surface area contributed by atoms with E-state index < -0.39 is 5.97 Å². The Labute approximate surface area is 102 Å². The molecule has 0 unspecified atom stereocenters. The minimum Gasteiger partial charge on any atom is -0.481 e. The van der Waals surface area contributed by atoms with Gasteiger partial charge in [0.2, 0.25) is 5.91 Å². The molecule has 0 heterocycles. The Balaban J connectivity index is 2.90. The van der Waals surface area contributed by atoms with E-state index in [4.69, 9.17) is 5.11 Å². The van der Waals surface area contributed by atoms with Gasteiger partial charge in [0.05, 0.1) is 12.1 Å². The van der Waals surface area contributed by atoms with Gasteiger partial charge in [-0.3, -0.25) is 9.59 Å². The highest BCUT2D eigenvalue weighted by atomic mass is 79.9. The van der Waals surface area contributed by atoms with Crippen molar-refractivity contribution in [2.45, 2.75) is 13.3 Å². The zero-order chi connectivity index (χ0) is 12.1. The van der Waals surface area contributed by atoms with Crippen molar-refractivity contribution in [1.29, 1.82) is 0 Å². The number of rotatable bonds is 4. The number of hydrogen-bond donors (Lipinski definition) is 1. The normalized spacial score (nSPS) is 9.88. The van der Waals surface area contributed by atoms with Gasteiger partial charge in [-0.2, -0.15) is 0 Å². The van der Waals surface area contributed by atoms with E-state index in [1.165, 1.54) is 11.8 Å². The molecule has 0 aromatic heterocycles. The minimum atomic E-state index is -0.918. The lowest BCUT2D eigenvalue weighted by Gasteiger charge is -2.21. The van der Waals surface area contributed by atoms with Crippen molar-refractivity contribution in [2.24, 2.45) is 0 Å². The van der Waals surface area contributed by atoms with Crippen LogP contribution < -0.4 is 4.90 Å². The summed E-state index contributed by atoms with van der Waals surface area (Å²) < 4.78 is 0.774. The molecule has 5 heteroatoms. The van der Waals surface area contributed by atoms with Crippen molar-refractivity contribution in [3.8, 4) is 0 Å². The lowest BCUT2D eigenvalue weighted by Crippen LogP contribution is -2.31. The number of nitrogens with zero attached hydrogens (tertiary/aromatic N) is 1. The predicted molar refractivity (Wildman–Crippen MR) is 64.4 cm³/mol. The molecule has 0 aliphatic carbocycles. The average Bonchev–Trinajstić information content (AvgIpc) is 2.20. The van der Waals surface area contributed by atoms with Gasteiger partial charge >= 0.3 is 5.97 Å². The van der Waals surface area contributed by atoms with E-state index in [0.717, 1.165) is 4.47 Å². The van der Waals surface area contributed by atoms with Crippen LogP contribution in [-0.2, 0) is 9.59 Å². The number of aliphatic carboxylic acids is 1. The molecule has 0 aliphatic rings. The van der Waals surface area contributed by atoms with Crippen LogP contribution >= 0.6 is 15.9 Å². The number of amides is 1. The second kappa shape index (κ2) is 5.65. The molecule has 16 heavy (non-hydrogen) atoms. The average molecular weight is 286 g/mol. The molecule has 0 atom stereocenters. The second-order valence-corrected chi connectivity index (χ2v) is 4.12. The van der Waals surface area contributed by atoms with Crippen molar-refractivity contribution in [2.75, 3.05) is 11.4 Å². The maximum absolute atomic E-state index is 11.4. The van der Waals surface area contributed by atoms with E-state index in [0.29, 0.717) is 5.69 Å². The molecule has 0 fully saturated rings. The van der Waals surface area contributed by atoms with Crippen LogP contribution in [0.25, 0.3) is 0 Å². The van der Waals surface area contributed by atoms with Crippen LogP contribution in [0.5, 0.6) is 0 Å². The molecule has 4 nitrogen and oxygen atoms in total. The number of hydrogen-bond acceptors (Lipinski definition) is 2. The minimum absolute atomic E-state index is 0.0685. The fourth-order valence-corrected chi connectivity index (χ4v) is 1.82. The topological polar surface area (TPSA) is 57.6 Å². The SMILES string of the molecule is CC(=O)N(CCC(=O)O)c1ccccc1Br. The van der Waals surface area contributed by atoms with E-state index >= 15 is 0 Å². The monoisotopic (exact) mass is 285 g/mol. The number of carboxylic acids is 1. The number of carbonyl (C=O) groups is 2. The fourth-order valence-electron chi connectivity index (χ4n) is 1.33. The summed E-state index contributed by atoms with van der Waals surface area (Å²) >= 11 is 3.33. The lowest BCUT2D eigenvalue weighted by molar-refractivity contribution is -0.136. The van der Waals surface area contributed by atoms with Gasteiger partial charge in [0.25, 0.3) is 0 Å². The molecular formula is C11H12BrNO3. The lowest BCUT2D eigenvalue weighted by atomic mass is 10.2. The second-order valence-electron chi connectivity index (χ2n) is 3.27. The van der Waals surface area contributed by atoms with Crippen LogP contribution in [-0.4, -0.2) is 23.5 Å². The molecule has 1 N–H and O–H groups in total. The van der Waals surface area contributed by atoms with Crippen molar-refractivity contribution >= 4 is 33.5 Å². The van der Waals surface area contributed by atoms with E-state index in [1.807, 2.05) is 12.1 Å². The van der Waals surface area contributed by atoms with Gasteiger partial charge in [-0.25, -0.2) is 0 Å². The third-order valence-corrected chi connectivity index (χ3v) is 2.74. The highest BCUT2D eigenvalue weighted by Crippen LogP contribution is 2.25. The summed E-state index contributed by atoms with van der Waals surface area (Å²) in [4.78, 5) is 23.4. The van der Waals surface area contributed by atoms with Crippen LogP contribution in [0.15, 0.2) is 28.7 Å². The van der Waals surface area contributed by atoms with E-state index in [1.54, 1.807) is 12.1 Å². The quantitative estimate of drug-likeness (QED) is 0.923. The van der Waals surface area contributed by atoms with Crippen LogP contribution in [0.3, 0.4) is 0 Å². The molecule has 1 aromatic carbocycles. The number of carboxylic acid groups (broad SMARTS) is 1. The zero-order valence-corrected chi connectivity index (χ0v) is 10.4. The summed E-state index contributed by atoms with van der Waals surface area (Å²) in [5.41, 5.74) is 0.691. The Morgan fingerprint density at radius 3 is 2.50 bits per heavy atom. The first-order valence-electron chi connectivity index (χ1n) is 4.77. The summed E-state index contributed by atoms with van der Waals surface area (Å²) in [6.45, 7) is 1.59. The first-order valence-corrected chi connectivity index (χ1v) is 5.56. The van der Waals surface area contributed by atoms with E-state index in [9.17, 15) is 9.59 Å². The fraction of sp³-hybridized carbons (Fsp3) is 0.273.